The number of hydrogen-bond donors (Lipinski definition) is 3. The van der Waals surface area contributed by atoms with E-state index in [1.165, 1.54) is 26.3 Å². The van der Waals surface area contributed by atoms with Gasteiger partial charge in [0.2, 0.25) is 5.91 Å². The second-order valence-electron chi connectivity index (χ2n) is 4.21. The maximum atomic E-state index is 11.9. The van der Waals surface area contributed by atoms with Crippen molar-refractivity contribution in [1.82, 2.24) is 15.6 Å². The number of nitrogens with one attached hydrogen (secondary N) is 2. The summed E-state index contributed by atoms with van der Waals surface area (Å²) < 4.78 is 4.79. The van der Waals surface area contributed by atoms with E-state index in [-0.39, 0.29) is 17.2 Å². The van der Waals surface area contributed by atoms with Gasteiger partial charge in [0.25, 0.3) is 5.91 Å². The highest BCUT2D eigenvalue weighted by molar-refractivity contribution is 5.99. The number of methoxy groups -OCH3 is 1. The van der Waals surface area contributed by atoms with Crippen LogP contribution in [0.25, 0.3) is 0 Å². The number of carboxylic acid groups (broad SMARTS) is 1. The van der Waals surface area contributed by atoms with Gasteiger partial charge in [-0.05, 0) is 19.1 Å². The molecule has 1 aromatic heterocycles. The molecule has 2 amide bonds. The zero-order chi connectivity index (χ0) is 15.8. The van der Waals surface area contributed by atoms with Crippen LogP contribution in [0.4, 0.5) is 0 Å². The van der Waals surface area contributed by atoms with Crippen LogP contribution in [0.1, 0.15) is 27.8 Å². The first-order valence-electron chi connectivity index (χ1n) is 6.22. The van der Waals surface area contributed by atoms with Crippen molar-refractivity contribution in [1.29, 1.82) is 0 Å². The van der Waals surface area contributed by atoms with Crippen LogP contribution in [0, 0.1) is 0 Å². The molecular formula is C13H17N3O5. The summed E-state index contributed by atoms with van der Waals surface area (Å²) in [4.78, 5) is 38.0. The highest BCUT2D eigenvalue weighted by atomic mass is 16.5. The normalized spacial score (nSPS) is 11.5. The van der Waals surface area contributed by atoms with Crippen molar-refractivity contribution in [3.63, 3.8) is 0 Å². The molecule has 1 rings (SSSR count). The average Bonchev–Trinajstić information content (AvgIpc) is 2.47. The van der Waals surface area contributed by atoms with Crippen LogP contribution in [-0.2, 0) is 9.53 Å². The van der Waals surface area contributed by atoms with Gasteiger partial charge in [0.1, 0.15) is 11.7 Å². The number of carbonyl (C=O) groups is 3. The highest BCUT2D eigenvalue weighted by Crippen LogP contribution is 2.02. The molecule has 0 saturated heterocycles. The molecule has 1 heterocycles. The first kappa shape index (κ1) is 16.6. The van der Waals surface area contributed by atoms with Crippen molar-refractivity contribution in [3.8, 4) is 0 Å². The molecule has 114 valence electrons. The van der Waals surface area contributed by atoms with Gasteiger partial charge in [0, 0.05) is 25.4 Å². The number of aromatic carboxylic acids is 1. The lowest BCUT2D eigenvalue weighted by Gasteiger charge is -2.14. The highest BCUT2D eigenvalue weighted by Gasteiger charge is 2.17. The summed E-state index contributed by atoms with van der Waals surface area (Å²) in [5, 5.41) is 13.9. The monoisotopic (exact) mass is 295 g/mol. The van der Waals surface area contributed by atoms with Gasteiger partial charge in [0.05, 0.1) is 6.61 Å². The van der Waals surface area contributed by atoms with Crippen LogP contribution in [0.5, 0.6) is 0 Å². The van der Waals surface area contributed by atoms with Gasteiger partial charge < -0.3 is 20.5 Å². The van der Waals surface area contributed by atoms with Crippen molar-refractivity contribution < 1.29 is 24.2 Å². The SMILES string of the molecule is COCCNC(=O)C(C)NC(=O)c1ccnc(C(=O)O)c1. The van der Waals surface area contributed by atoms with E-state index in [2.05, 4.69) is 15.6 Å². The maximum Gasteiger partial charge on any atom is 0.354 e. The van der Waals surface area contributed by atoms with Crippen LogP contribution >= 0.6 is 0 Å². The summed E-state index contributed by atoms with van der Waals surface area (Å²) in [5.41, 5.74) is -0.112. The Morgan fingerprint density at radius 3 is 2.76 bits per heavy atom. The molecule has 0 radical (unpaired) electrons. The van der Waals surface area contributed by atoms with E-state index in [9.17, 15) is 14.4 Å². The van der Waals surface area contributed by atoms with E-state index in [0.29, 0.717) is 13.2 Å². The molecule has 0 aliphatic rings. The molecule has 8 nitrogen and oxygen atoms in total. The number of ether oxygens (including phenoxy) is 1. The van der Waals surface area contributed by atoms with Crippen molar-refractivity contribution in [2.75, 3.05) is 20.3 Å². The van der Waals surface area contributed by atoms with Crippen LogP contribution in [0.2, 0.25) is 0 Å². The van der Waals surface area contributed by atoms with Crippen molar-refractivity contribution in [3.05, 3.63) is 29.6 Å². The van der Waals surface area contributed by atoms with E-state index in [0.717, 1.165) is 6.07 Å². The predicted octanol–water partition coefficient (Wildman–Crippen LogP) is -0.339. The zero-order valence-corrected chi connectivity index (χ0v) is 11.8. The van der Waals surface area contributed by atoms with E-state index in [4.69, 9.17) is 9.84 Å². The Bertz CT molecular complexity index is 532. The first-order valence-corrected chi connectivity index (χ1v) is 6.22. The molecule has 8 heteroatoms. The molecule has 0 aliphatic carbocycles. The number of pyridine rings is 1. The second-order valence-corrected chi connectivity index (χ2v) is 4.21. The number of hydrogen-bond acceptors (Lipinski definition) is 5. The summed E-state index contributed by atoms with van der Waals surface area (Å²) in [7, 11) is 1.51. The molecule has 1 atom stereocenters. The zero-order valence-electron chi connectivity index (χ0n) is 11.8. The van der Waals surface area contributed by atoms with Gasteiger partial charge in [-0.2, -0.15) is 0 Å². The lowest BCUT2D eigenvalue weighted by Crippen LogP contribution is -2.45. The summed E-state index contributed by atoms with van der Waals surface area (Å²) in [6, 6.07) is 1.76. The molecule has 1 unspecified atom stereocenters. The lowest BCUT2D eigenvalue weighted by atomic mass is 10.2. The van der Waals surface area contributed by atoms with E-state index >= 15 is 0 Å². The molecule has 0 bridgehead atoms. The molecule has 1 aromatic rings. The fourth-order valence-corrected chi connectivity index (χ4v) is 1.46. The molecule has 0 spiro atoms. The lowest BCUT2D eigenvalue weighted by molar-refractivity contribution is -0.122. The van der Waals surface area contributed by atoms with Crippen LogP contribution in [0.15, 0.2) is 18.3 Å². The molecule has 0 fully saturated rings. The Morgan fingerprint density at radius 1 is 1.43 bits per heavy atom. The maximum absolute atomic E-state index is 11.9. The third-order valence-electron chi connectivity index (χ3n) is 2.59. The third kappa shape index (κ3) is 5.19. The van der Waals surface area contributed by atoms with Gasteiger partial charge in [-0.1, -0.05) is 0 Å². The summed E-state index contributed by atoms with van der Waals surface area (Å²) in [5.74, 6) is -2.13. The number of nitrogens with zero attached hydrogens (tertiary/aromatic N) is 1. The van der Waals surface area contributed by atoms with Gasteiger partial charge in [-0.3, -0.25) is 9.59 Å². The third-order valence-corrected chi connectivity index (χ3v) is 2.59. The number of aromatic nitrogens is 1. The Balaban J connectivity index is 2.61. The summed E-state index contributed by atoms with van der Waals surface area (Å²) in [6.45, 7) is 2.24. The topological polar surface area (TPSA) is 118 Å². The largest absolute Gasteiger partial charge is 0.477 e. The van der Waals surface area contributed by atoms with E-state index in [1.54, 1.807) is 0 Å². The Hall–Kier alpha value is -2.48. The first-order chi connectivity index (χ1) is 9.95. The summed E-state index contributed by atoms with van der Waals surface area (Å²) >= 11 is 0. The molecule has 0 aromatic carbocycles. The average molecular weight is 295 g/mol. The molecule has 3 N–H and O–H groups in total. The number of rotatable bonds is 7. The molecule has 0 aliphatic heterocycles. The van der Waals surface area contributed by atoms with Gasteiger partial charge in [-0.15, -0.1) is 0 Å². The predicted molar refractivity (Wildman–Crippen MR) is 73.0 cm³/mol. The quantitative estimate of drug-likeness (QED) is 0.592. The van der Waals surface area contributed by atoms with E-state index in [1.807, 2.05) is 0 Å². The fraction of sp³-hybridized carbons (Fsp3) is 0.385. The van der Waals surface area contributed by atoms with Crippen molar-refractivity contribution in [2.45, 2.75) is 13.0 Å². The molecule has 0 saturated carbocycles. The second kappa shape index (κ2) is 7.95. The minimum atomic E-state index is -1.23. The summed E-state index contributed by atoms with van der Waals surface area (Å²) in [6.07, 6.45) is 1.22. The van der Waals surface area contributed by atoms with Gasteiger partial charge in [-0.25, -0.2) is 9.78 Å². The standard InChI is InChI=1S/C13H17N3O5/c1-8(11(17)15-5-6-21-2)16-12(18)9-3-4-14-10(7-9)13(19)20/h3-4,7-8H,5-6H2,1-2H3,(H,15,17)(H,16,18)(H,19,20). The Kier molecular flexibility index (Phi) is 6.28. The number of carbonyl (C=O) groups excluding carboxylic acids is 2. The number of amides is 2. The van der Waals surface area contributed by atoms with Gasteiger partial charge in [0.15, 0.2) is 0 Å². The molecule has 21 heavy (non-hydrogen) atoms. The van der Waals surface area contributed by atoms with Crippen LogP contribution in [0.3, 0.4) is 0 Å². The Morgan fingerprint density at radius 2 is 2.14 bits per heavy atom. The Labute approximate surface area is 121 Å². The van der Waals surface area contributed by atoms with E-state index < -0.39 is 17.9 Å². The smallest absolute Gasteiger partial charge is 0.354 e. The fourth-order valence-electron chi connectivity index (χ4n) is 1.46. The van der Waals surface area contributed by atoms with Crippen LogP contribution in [-0.4, -0.2) is 54.2 Å². The van der Waals surface area contributed by atoms with Gasteiger partial charge >= 0.3 is 5.97 Å². The van der Waals surface area contributed by atoms with Crippen molar-refractivity contribution >= 4 is 17.8 Å². The number of carboxylic acids is 1. The minimum absolute atomic E-state index is 0.124. The molecular weight excluding hydrogens is 278 g/mol. The van der Waals surface area contributed by atoms with Crippen LogP contribution < -0.4 is 10.6 Å². The minimum Gasteiger partial charge on any atom is -0.477 e. The van der Waals surface area contributed by atoms with Crippen molar-refractivity contribution in [2.24, 2.45) is 0 Å².